The second-order valence-corrected chi connectivity index (χ2v) is 3.73. The van der Waals surface area contributed by atoms with Crippen molar-refractivity contribution in [2.75, 3.05) is 27.1 Å². The van der Waals surface area contributed by atoms with Crippen LogP contribution in [0.25, 0.3) is 0 Å². The molecule has 0 radical (unpaired) electrons. The lowest BCUT2D eigenvalue weighted by atomic mass is 9.97. The van der Waals surface area contributed by atoms with Crippen LogP contribution in [0.15, 0.2) is 54.5 Å². The lowest BCUT2D eigenvalue weighted by Gasteiger charge is -2.22. The van der Waals surface area contributed by atoms with Crippen LogP contribution in [0.3, 0.4) is 0 Å². The second-order valence-electron chi connectivity index (χ2n) is 3.73. The molecule has 2 nitrogen and oxygen atoms in total. The maximum Gasteiger partial charge on any atom is 0.108 e. The molecule has 0 N–H and O–H groups in total. The van der Waals surface area contributed by atoms with E-state index in [4.69, 9.17) is 26.7 Å². The van der Waals surface area contributed by atoms with Gasteiger partial charge in [0.25, 0.3) is 0 Å². The maximum absolute atomic E-state index is 9.07. The van der Waals surface area contributed by atoms with Crippen molar-refractivity contribution >= 4 is 0 Å². The third-order valence-electron chi connectivity index (χ3n) is 2.39. The van der Waals surface area contributed by atoms with Gasteiger partial charge in [-0.1, -0.05) is 54.5 Å². The van der Waals surface area contributed by atoms with Crippen LogP contribution in [0.1, 0.15) is 44.7 Å². The fourth-order valence-corrected chi connectivity index (χ4v) is 1.54. The molecule has 0 heterocycles. The predicted molar refractivity (Wildman–Crippen MR) is 84.0 cm³/mol. The van der Waals surface area contributed by atoms with Gasteiger partial charge in [-0.25, -0.2) is 0 Å². The molecule has 0 aliphatic heterocycles. The molecule has 0 aliphatic carbocycles. The van der Waals surface area contributed by atoms with Gasteiger partial charge in [-0.3, -0.25) is 0 Å². The summed E-state index contributed by atoms with van der Waals surface area (Å²) in [6.45, 7) is -14.8. The van der Waals surface area contributed by atoms with E-state index in [1.807, 2.05) is 0 Å². The first-order valence-corrected chi connectivity index (χ1v) is 5.68. The van der Waals surface area contributed by atoms with Crippen LogP contribution < -0.4 is 0 Å². The Bertz CT molecular complexity index is 1080. The van der Waals surface area contributed by atoms with Gasteiger partial charge in [0.15, 0.2) is 0 Å². The highest BCUT2D eigenvalue weighted by Crippen LogP contribution is 2.28. The van der Waals surface area contributed by atoms with Crippen molar-refractivity contribution in [3.8, 4) is 0 Å². The molecule has 0 bridgehead atoms. The number of likely N-dealkylation sites (N-methyl/N-ethyl adjacent to an activating group) is 1. The average molecular weight is 285 g/mol. The third kappa shape index (κ3) is 3.92. The Balaban J connectivity index is 2.84. The number of nitrogens with zero attached hydrogens (tertiary/aromatic N) is 1. The van der Waals surface area contributed by atoms with E-state index in [0.29, 0.717) is 0 Å². The smallest absolute Gasteiger partial charge is 0.108 e. The zero-order valence-corrected chi connectivity index (χ0v) is 10.4. The molecular weight excluding hydrogens is 246 g/mol. The fourth-order valence-electron chi connectivity index (χ4n) is 1.54. The molecule has 2 heteroatoms. The molecule has 0 saturated carbocycles. The largest absolute Gasteiger partial charge is 0.367 e. The van der Waals surface area contributed by atoms with E-state index in [1.165, 1.54) is 30.3 Å². The van der Waals surface area contributed by atoms with E-state index in [9.17, 15) is 0 Å². The molecule has 1 atom stereocenters. The average Bonchev–Trinajstić information content (AvgIpc) is 2.70. The van der Waals surface area contributed by atoms with Crippen LogP contribution in [0.4, 0.5) is 0 Å². The molecule has 0 aromatic heterocycles. The van der Waals surface area contributed by atoms with Gasteiger partial charge in [0.2, 0.25) is 0 Å². The maximum atomic E-state index is 9.07. The first-order valence-electron chi connectivity index (χ1n) is 13.7. The topological polar surface area (TPSA) is 12.5 Å². The van der Waals surface area contributed by atoms with Gasteiger partial charge in [0.05, 0.1) is 13.5 Å². The molecule has 2 aromatic carbocycles. The molecule has 0 saturated heterocycles. The Kier molecular flexibility index (Phi) is 1.60. The minimum Gasteiger partial charge on any atom is -0.367 e. The summed E-state index contributed by atoms with van der Waals surface area (Å²) < 4.78 is 132. The zero-order valence-electron chi connectivity index (χ0n) is 26.4. The molecule has 2 aromatic rings. The summed E-state index contributed by atoms with van der Waals surface area (Å²) in [7, 11) is 0. The summed E-state index contributed by atoms with van der Waals surface area (Å²) in [5.41, 5.74) is -1.97. The molecular formula is C18H23NO. The van der Waals surface area contributed by atoms with Crippen LogP contribution in [0, 0.1) is 6.85 Å². The van der Waals surface area contributed by atoms with Crippen molar-refractivity contribution in [1.82, 2.24) is 4.90 Å². The molecule has 0 fully saturated rings. The van der Waals surface area contributed by atoms with Crippen LogP contribution in [0.2, 0.25) is 0 Å². The number of hydrogen-bond acceptors (Lipinski definition) is 2. The van der Waals surface area contributed by atoms with E-state index in [-0.39, 0.29) is 5.56 Å². The highest BCUT2D eigenvalue weighted by atomic mass is 16.5. The van der Waals surface area contributed by atoms with Crippen molar-refractivity contribution in [2.45, 2.75) is 12.9 Å². The van der Waals surface area contributed by atoms with Gasteiger partial charge in [0.1, 0.15) is 6.08 Å². The van der Waals surface area contributed by atoms with Gasteiger partial charge in [-0.15, -0.1) is 0 Å². The fraction of sp³-hybridized carbons (Fsp3) is 0.333. The summed E-state index contributed by atoms with van der Waals surface area (Å²) in [6.07, 6.45) is -2.82. The molecule has 0 amide bonds. The lowest BCUT2D eigenvalue weighted by Crippen LogP contribution is -2.20. The summed E-state index contributed by atoms with van der Waals surface area (Å²) in [5.74, 6) is 0. The predicted octanol–water partition coefficient (Wildman–Crippen LogP) is 3.66. The van der Waals surface area contributed by atoms with Crippen LogP contribution in [-0.4, -0.2) is 32.0 Å². The van der Waals surface area contributed by atoms with Crippen molar-refractivity contribution in [3.05, 3.63) is 71.2 Å². The lowest BCUT2D eigenvalue weighted by molar-refractivity contribution is 0.0683. The minimum atomic E-state index is -3.46. The number of benzene rings is 2. The van der Waals surface area contributed by atoms with E-state index < -0.39 is 80.2 Å². The van der Waals surface area contributed by atoms with Crippen molar-refractivity contribution in [3.63, 3.8) is 0 Å². The van der Waals surface area contributed by atoms with E-state index >= 15 is 0 Å². The molecule has 20 heavy (non-hydrogen) atoms. The standard InChI is InChI=1S/C18H23NO/c1-15-9-7-8-12-17(15)18(20-14-13-19(2)3)16-10-5-4-6-11-16/h4-12,18H,13-14H2,1-3H3/i1D3,2D3,3D3,7D,8D,9D,12D,13D2,18D. The molecule has 1 unspecified atom stereocenters. The van der Waals surface area contributed by atoms with Gasteiger partial charge in [-0.05, 0) is 37.5 Å². The summed E-state index contributed by atoms with van der Waals surface area (Å²) >= 11 is 0. The summed E-state index contributed by atoms with van der Waals surface area (Å²) in [6, 6.07) is 3.21. The van der Waals surface area contributed by atoms with Crippen molar-refractivity contribution in [1.29, 1.82) is 0 Å². The minimum absolute atomic E-state index is 0.175. The Labute approximate surface area is 144 Å². The second kappa shape index (κ2) is 7.22. The number of hydrogen-bond donors (Lipinski definition) is 0. The molecule has 0 spiro atoms. The van der Waals surface area contributed by atoms with Crippen molar-refractivity contribution < 1.29 is 26.7 Å². The van der Waals surface area contributed by atoms with E-state index in [2.05, 4.69) is 0 Å². The summed E-state index contributed by atoms with van der Waals surface area (Å²) in [5, 5.41) is 0. The van der Waals surface area contributed by atoms with E-state index in [1.54, 1.807) is 0 Å². The van der Waals surface area contributed by atoms with Crippen LogP contribution in [0.5, 0.6) is 0 Å². The monoisotopic (exact) mass is 285 g/mol. The zero-order chi connectivity index (χ0) is 28.1. The number of ether oxygens (including phenoxy) is 1. The van der Waals surface area contributed by atoms with Gasteiger partial charge >= 0.3 is 0 Å². The SMILES string of the molecule is [2H]c1c([2H])c([2H])c(C([2H])(OCC([2H])([2H])N(C([2H])([2H])[2H])C([2H])([2H])[2H])c2ccccc2)c(C([2H])([2H])[2H])c1[2H]. The third-order valence-corrected chi connectivity index (χ3v) is 2.39. The Morgan fingerprint density at radius 2 is 2.10 bits per heavy atom. The normalized spacial score (nSPS) is 28.4. The van der Waals surface area contributed by atoms with Crippen molar-refractivity contribution in [2.24, 2.45) is 0 Å². The highest BCUT2D eigenvalue weighted by Gasteiger charge is 2.16. The Hall–Kier alpha value is -1.64. The van der Waals surface area contributed by atoms with Gasteiger partial charge in [0, 0.05) is 21.6 Å². The molecule has 106 valence electrons. The van der Waals surface area contributed by atoms with Gasteiger partial charge < -0.3 is 9.64 Å². The highest BCUT2D eigenvalue weighted by molar-refractivity contribution is 5.35. The quantitative estimate of drug-likeness (QED) is 0.803. The molecule has 0 aliphatic rings. The molecule has 2 rings (SSSR count). The van der Waals surface area contributed by atoms with Crippen LogP contribution in [-0.2, 0) is 4.74 Å². The Morgan fingerprint density at radius 1 is 1.30 bits per heavy atom. The first kappa shape index (κ1) is 4.43. The van der Waals surface area contributed by atoms with Gasteiger partial charge in [-0.2, -0.15) is 0 Å². The Morgan fingerprint density at radius 3 is 2.85 bits per heavy atom. The number of rotatable bonds is 6. The summed E-state index contributed by atoms with van der Waals surface area (Å²) in [4.78, 5) is -0.399. The first-order chi connectivity index (χ1) is 16.1. The van der Waals surface area contributed by atoms with E-state index in [0.717, 1.165) is 0 Å². The van der Waals surface area contributed by atoms with Crippen LogP contribution >= 0.6 is 0 Å².